The first-order valence-corrected chi connectivity index (χ1v) is 10.8. The molecule has 0 aromatic heterocycles. The standard InChI is InChI=1S/C23H34O5/c1-2-3-4-5-6-7-8-9-10-19-12-11-18-17-20(13-14-21(18)27-19)28-23(26)16-15-22(24)25/h13-14,17,19H,2-12,15-16H2,1H3,(H,24,25). The number of rotatable bonds is 13. The molecule has 1 aliphatic rings. The van der Waals surface area contributed by atoms with E-state index in [0.29, 0.717) is 5.75 Å². The first-order valence-electron chi connectivity index (χ1n) is 10.8. The van der Waals surface area contributed by atoms with E-state index < -0.39 is 11.9 Å². The van der Waals surface area contributed by atoms with Gasteiger partial charge in [0.2, 0.25) is 0 Å². The molecular formula is C23H34O5. The molecule has 0 bridgehead atoms. The number of hydrogen-bond donors (Lipinski definition) is 1. The number of esters is 1. The third-order valence-electron chi connectivity index (χ3n) is 5.22. The molecule has 1 heterocycles. The van der Waals surface area contributed by atoms with E-state index in [9.17, 15) is 9.59 Å². The second kappa shape index (κ2) is 12.4. The molecule has 1 atom stereocenters. The molecule has 2 rings (SSSR count). The highest BCUT2D eigenvalue weighted by molar-refractivity contribution is 5.78. The van der Waals surface area contributed by atoms with Gasteiger partial charge in [-0.2, -0.15) is 0 Å². The second-order valence-electron chi connectivity index (χ2n) is 7.68. The summed E-state index contributed by atoms with van der Waals surface area (Å²) >= 11 is 0. The van der Waals surface area contributed by atoms with Gasteiger partial charge in [0.15, 0.2) is 0 Å². The van der Waals surface area contributed by atoms with Crippen LogP contribution in [0.1, 0.15) is 89.5 Å². The number of fused-ring (bicyclic) bond motifs is 1. The number of carbonyl (C=O) groups is 2. The van der Waals surface area contributed by atoms with Gasteiger partial charge in [-0.05, 0) is 49.4 Å². The molecule has 0 fully saturated rings. The van der Waals surface area contributed by atoms with Crippen LogP contribution in [0.15, 0.2) is 18.2 Å². The number of hydrogen-bond acceptors (Lipinski definition) is 4. The number of carbonyl (C=O) groups excluding carboxylic acids is 1. The summed E-state index contributed by atoms with van der Waals surface area (Å²) in [5.41, 5.74) is 1.05. The first-order chi connectivity index (χ1) is 13.6. The average Bonchev–Trinajstić information content (AvgIpc) is 2.68. The molecule has 0 saturated heterocycles. The summed E-state index contributed by atoms with van der Waals surface area (Å²) in [7, 11) is 0. The zero-order valence-electron chi connectivity index (χ0n) is 17.1. The molecule has 0 aliphatic carbocycles. The number of unbranched alkanes of at least 4 members (excludes halogenated alkanes) is 7. The summed E-state index contributed by atoms with van der Waals surface area (Å²) in [5, 5.41) is 8.62. The summed E-state index contributed by atoms with van der Waals surface area (Å²) in [4.78, 5) is 22.2. The molecule has 1 N–H and O–H groups in total. The van der Waals surface area contributed by atoms with Crippen molar-refractivity contribution in [3.8, 4) is 11.5 Å². The summed E-state index contributed by atoms with van der Waals surface area (Å²) in [6.07, 6.45) is 13.5. The molecule has 156 valence electrons. The van der Waals surface area contributed by atoms with Gasteiger partial charge in [0, 0.05) is 0 Å². The van der Waals surface area contributed by atoms with Crippen molar-refractivity contribution in [2.75, 3.05) is 0 Å². The highest BCUT2D eigenvalue weighted by atomic mass is 16.5. The van der Waals surface area contributed by atoms with E-state index in [1.54, 1.807) is 6.07 Å². The third kappa shape index (κ3) is 8.32. The minimum atomic E-state index is -1.00. The Balaban J connectivity index is 1.68. The summed E-state index contributed by atoms with van der Waals surface area (Å²) < 4.78 is 11.3. The van der Waals surface area contributed by atoms with Crippen molar-refractivity contribution >= 4 is 11.9 Å². The maximum absolute atomic E-state index is 11.7. The molecule has 0 saturated carbocycles. The van der Waals surface area contributed by atoms with Crippen molar-refractivity contribution in [3.05, 3.63) is 23.8 Å². The smallest absolute Gasteiger partial charge is 0.311 e. The molecule has 1 aromatic rings. The molecule has 1 aromatic carbocycles. The molecule has 0 radical (unpaired) electrons. The highest BCUT2D eigenvalue weighted by Crippen LogP contribution is 2.32. The third-order valence-corrected chi connectivity index (χ3v) is 5.22. The minimum absolute atomic E-state index is 0.121. The Morgan fingerprint density at radius 2 is 1.79 bits per heavy atom. The van der Waals surface area contributed by atoms with Crippen LogP contribution in [0.25, 0.3) is 0 Å². The van der Waals surface area contributed by atoms with Gasteiger partial charge < -0.3 is 14.6 Å². The maximum Gasteiger partial charge on any atom is 0.311 e. The van der Waals surface area contributed by atoms with Crippen LogP contribution in [0.5, 0.6) is 11.5 Å². The lowest BCUT2D eigenvalue weighted by Crippen LogP contribution is -2.22. The van der Waals surface area contributed by atoms with E-state index in [-0.39, 0.29) is 18.9 Å². The van der Waals surface area contributed by atoms with E-state index in [1.165, 1.54) is 51.4 Å². The first kappa shape index (κ1) is 22.3. The number of aliphatic carboxylic acids is 1. The molecule has 0 amide bonds. The zero-order chi connectivity index (χ0) is 20.2. The number of carboxylic acid groups (broad SMARTS) is 1. The van der Waals surface area contributed by atoms with Gasteiger partial charge in [-0.3, -0.25) is 9.59 Å². The van der Waals surface area contributed by atoms with Crippen LogP contribution in [-0.2, 0) is 16.0 Å². The van der Waals surface area contributed by atoms with Gasteiger partial charge in [-0.15, -0.1) is 0 Å². The van der Waals surface area contributed by atoms with E-state index >= 15 is 0 Å². The lowest BCUT2D eigenvalue weighted by Gasteiger charge is -2.26. The summed E-state index contributed by atoms with van der Waals surface area (Å²) in [6.45, 7) is 2.25. The van der Waals surface area contributed by atoms with Gasteiger partial charge >= 0.3 is 11.9 Å². The predicted molar refractivity (Wildman–Crippen MR) is 109 cm³/mol. The van der Waals surface area contributed by atoms with E-state index in [4.69, 9.17) is 14.6 Å². The maximum atomic E-state index is 11.7. The zero-order valence-corrected chi connectivity index (χ0v) is 17.1. The van der Waals surface area contributed by atoms with Gasteiger partial charge in [0.05, 0.1) is 18.9 Å². The fourth-order valence-electron chi connectivity index (χ4n) is 3.59. The van der Waals surface area contributed by atoms with Crippen molar-refractivity contribution in [2.24, 2.45) is 0 Å². The van der Waals surface area contributed by atoms with Crippen LogP contribution in [-0.4, -0.2) is 23.1 Å². The lowest BCUT2D eigenvalue weighted by atomic mass is 9.98. The van der Waals surface area contributed by atoms with Gasteiger partial charge in [-0.1, -0.05) is 51.9 Å². The van der Waals surface area contributed by atoms with Crippen LogP contribution in [0.2, 0.25) is 0 Å². The normalized spacial score (nSPS) is 15.5. The van der Waals surface area contributed by atoms with Crippen LogP contribution in [0.4, 0.5) is 0 Å². The van der Waals surface area contributed by atoms with E-state index in [0.717, 1.165) is 30.6 Å². The fraction of sp³-hybridized carbons (Fsp3) is 0.652. The van der Waals surface area contributed by atoms with Crippen molar-refractivity contribution < 1.29 is 24.2 Å². The lowest BCUT2D eigenvalue weighted by molar-refractivity contribution is -0.142. The number of ether oxygens (including phenoxy) is 2. The average molecular weight is 391 g/mol. The number of carboxylic acids is 1. The molecule has 1 aliphatic heterocycles. The fourth-order valence-corrected chi connectivity index (χ4v) is 3.59. The van der Waals surface area contributed by atoms with Crippen LogP contribution in [0, 0.1) is 0 Å². The predicted octanol–water partition coefficient (Wildman–Crippen LogP) is 5.68. The Kier molecular flexibility index (Phi) is 9.87. The highest BCUT2D eigenvalue weighted by Gasteiger charge is 2.20. The Hall–Kier alpha value is -2.04. The van der Waals surface area contributed by atoms with Gasteiger partial charge in [0.25, 0.3) is 0 Å². The molecule has 5 nitrogen and oxygen atoms in total. The van der Waals surface area contributed by atoms with Crippen molar-refractivity contribution in [1.29, 1.82) is 0 Å². The number of benzene rings is 1. The molecular weight excluding hydrogens is 356 g/mol. The monoisotopic (exact) mass is 390 g/mol. The van der Waals surface area contributed by atoms with Crippen molar-refractivity contribution in [3.63, 3.8) is 0 Å². The van der Waals surface area contributed by atoms with Gasteiger partial charge in [0.1, 0.15) is 11.5 Å². The Morgan fingerprint density at radius 1 is 1.07 bits per heavy atom. The molecule has 5 heteroatoms. The van der Waals surface area contributed by atoms with Gasteiger partial charge in [-0.25, -0.2) is 0 Å². The molecule has 28 heavy (non-hydrogen) atoms. The van der Waals surface area contributed by atoms with E-state index in [1.807, 2.05) is 12.1 Å². The Bertz CT molecular complexity index is 625. The Morgan fingerprint density at radius 3 is 2.50 bits per heavy atom. The van der Waals surface area contributed by atoms with Crippen LogP contribution >= 0.6 is 0 Å². The SMILES string of the molecule is CCCCCCCCCCC1CCc2cc(OC(=O)CCC(=O)O)ccc2O1. The largest absolute Gasteiger partial charge is 0.490 e. The second-order valence-corrected chi connectivity index (χ2v) is 7.68. The Labute approximate surface area is 168 Å². The van der Waals surface area contributed by atoms with Crippen LogP contribution in [0.3, 0.4) is 0 Å². The van der Waals surface area contributed by atoms with E-state index in [2.05, 4.69) is 6.92 Å². The molecule has 1 unspecified atom stereocenters. The minimum Gasteiger partial charge on any atom is -0.490 e. The van der Waals surface area contributed by atoms with Crippen molar-refractivity contribution in [2.45, 2.75) is 96.5 Å². The van der Waals surface area contributed by atoms with Crippen molar-refractivity contribution in [1.82, 2.24) is 0 Å². The quantitative estimate of drug-likeness (QED) is 0.266. The molecule has 0 spiro atoms. The summed E-state index contributed by atoms with van der Waals surface area (Å²) in [5.74, 6) is -0.189. The van der Waals surface area contributed by atoms with Crippen LogP contribution < -0.4 is 9.47 Å². The number of aryl methyl sites for hydroxylation is 1. The summed E-state index contributed by atoms with van der Waals surface area (Å²) in [6, 6.07) is 5.41. The topological polar surface area (TPSA) is 72.8 Å².